The highest BCUT2D eigenvalue weighted by molar-refractivity contribution is 7.91. The van der Waals surface area contributed by atoms with E-state index in [1.807, 2.05) is 0 Å². The van der Waals surface area contributed by atoms with E-state index in [4.69, 9.17) is 9.05 Å². The predicted octanol–water partition coefficient (Wildman–Crippen LogP) is 1.84. The maximum atomic E-state index is 11.7. The number of phosphoric acid groups is 1. The minimum Gasteiger partial charge on any atom is -0.383 e. The van der Waals surface area contributed by atoms with Crippen molar-refractivity contribution in [2.45, 2.75) is 36.2 Å². The molecule has 0 radical (unpaired) electrons. The van der Waals surface area contributed by atoms with Crippen LogP contribution in [0.2, 0.25) is 0 Å². The molecule has 0 heterocycles. The summed E-state index contributed by atoms with van der Waals surface area (Å²) in [5.74, 6) is 0. The number of hydrogen-bond acceptors (Lipinski definition) is 8. The molecule has 0 fully saturated rings. The summed E-state index contributed by atoms with van der Waals surface area (Å²) in [6.07, 6.45) is 2.03. The Balaban J connectivity index is 2.83. The maximum absolute atomic E-state index is 11.7. The van der Waals surface area contributed by atoms with E-state index in [2.05, 4.69) is 5.32 Å². The van der Waals surface area contributed by atoms with Gasteiger partial charge in [0.2, 0.25) is 0 Å². The van der Waals surface area contributed by atoms with Gasteiger partial charge in [-0.2, -0.15) is 0 Å². The van der Waals surface area contributed by atoms with Crippen LogP contribution >= 0.6 is 7.82 Å². The molecular formula is C14H24NO8PS2. The van der Waals surface area contributed by atoms with Gasteiger partial charge in [-0.05, 0) is 31.5 Å². The summed E-state index contributed by atoms with van der Waals surface area (Å²) in [4.78, 5) is 9.23. The SMILES string of the molecule is CCC(C)OP(=O)(O)OCCNc1cc(S(C)(=O)=O)cc(S(C)(=O)=O)c1. The van der Waals surface area contributed by atoms with Crippen molar-refractivity contribution < 1.29 is 35.3 Å². The van der Waals surface area contributed by atoms with Crippen LogP contribution in [0.15, 0.2) is 28.0 Å². The lowest BCUT2D eigenvalue weighted by atomic mass is 10.3. The van der Waals surface area contributed by atoms with Gasteiger partial charge in [-0.15, -0.1) is 0 Å². The van der Waals surface area contributed by atoms with Crippen molar-refractivity contribution in [1.82, 2.24) is 0 Å². The Morgan fingerprint density at radius 1 is 1.12 bits per heavy atom. The molecule has 26 heavy (non-hydrogen) atoms. The molecule has 0 spiro atoms. The van der Waals surface area contributed by atoms with Crippen LogP contribution < -0.4 is 5.32 Å². The third-order valence-electron chi connectivity index (χ3n) is 3.31. The van der Waals surface area contributed by atoms with E-state index < -0.39 is 33.6 Å². The van der Waals surface area contributed by atoms with E-state index in [9.17, 15) is 26.3 Å². The zero-order chi connectivity index (χ0) is 20.2. The number of benzene rings is 1. The van der Waals surface area contributed by atoms with E-state index in [-0.39, 0.29) is 28.6 Å². The fraction of sp³-hybridized carbons (Fsp3) is 0.571. The van der Waals surface area contributed by atoms with Crippen LogP contribution in [0.3, 0.4) is 0 Å². The molecule has 1 aromatic rings. The molecule has 0 aromatic heterocycles. The molecule has 0 amide bonds. The number of rotatable bonds is 10. The Morgan fingerprint density at radius 2 is 1.62 bits per heavy atom. The van der Waals surface area contributed by atoms with Crippen LogP contribution in [0, 0.1) is 0 Å². The second-order valence-electron chi connectivity index (χ2n) is 5.79. The summed E-state index contributed by atoms with van der Waals surface area (Å²) in [5.41, 5.74) is 0.229. The lowest BCUT2D eigenvalue weighted by molar-refractivity contribution is 0.113. The molecule has 0 bridgehead atoms. The number of sulfone groups is 2. The van der Waals surface area contributed by atoms with E-state index in [1.54, 1.807) is 13.8 Å². The van der Waals surface area contributed by atoms with Gasteiger partial charge in [-0.1, -0.05) is 6.92 Å². The Bertz CT molecular complexity index is 832. The molecule has 0 aliphatic carbocycles. The van der Waals surface area contributed by atoms with Crippen LogP contribution in [0.5, 0.6) is 0 Å². The molecule has 9 nitrogen and oxygen atoms in total. The Hall–Kier alpha value is -0.970. The first-order valence-corrected chi connectivity index (χ1v) is 13.0. The Morgan fingerprint density at radius 3 is 2.04 bits per heavy atom. The highest BCUT2D eigenvalue weighted by Crippen LogP contribution is 2.44. The molecule has 1 aromatic carbocycles. The largest absolute Gasteiger partial charge is 0.472 e. The van der Waals surface area contributed by atoms with E-state index >= 15 is 0 Å². The lowest BCUT2D eigenvalue weighted by Crippen LogP contribution is -2.12. The van der Waals surface area contributed by atoms with Crippen LogP contribution in [0.1, 0.15) is 20.3 Å². The molecule has 0 aliphatic rings. The first-order chi connectivity index (χ1) is 11.7. The zero-order valence-corrected chi connectivity index (χ0v) is 17.5. The van der Waals surface area contributed by atoms with Gasteiger partial charge in [0.25, 0.3) is 0 Å². The minimum absolute atomic E-state index is 0.0326. The smallest absolute Gasteiger partial charge is 0.383 e. The second kappa shape index (κ2) is 8.81. The molecule has 2 atom stereocenters. The molecule has 150 valence electrons. The van der Waals surface area contributed by atoms with Gasteiger partial charge < -0.3 is 10.2 Å². The summed E-state index contributed by atoms with van der Waals surface area (Å²) < 4.78 is 68.3. The summed E-state index contributed by atoms with van der Waals surface area (Å²) in [5, 5.41) is 2.77. The van der Waals surface area contributed by atoms with Crippen molar-refractivity contribution in [1.29, 1.82) is 0 Å². The van der Waals surface area contributed by atoms with Crippen molar-refractivity contribution in [3.05, 3.63) is 18.2 Å². The third kappa shape index (κ3) is 7.73. The van der Waals surface area contributed by atoms with E-state index in [0.717, 1.165) is 18.6 Å². The van der Waals surface area contributed by atoms with Gasteiger partial charge in [-0.3, -0.25) is 9.05 Å². The number of anilines is 1. The standard InChI is InChI=1S/C14H24NO8PS2/c1-5-11(2)23-24(16,17)22-7-6-15-12-8-13(25(3,18)19)10-14(9-12)26(4,20)21/h8-11,15H,5-7H2,1-4H3,(H,16,17). The summed E-state index contributed by atoms with van der Waals surface area (Å²) in [6.45, 7) is 3.25. The van der Waals surface area contributed by atoms with Crippen LogP contribution in [-0.4, -0.2) is 53.5 Å². The first kappa shape index (κ1) is 23.1. The highest BCUT2D eigenvalue weighted by atomic mass is 32.2. The lowest BCUT2D eigenvalue weighted by Gasteiger charge is -2.16. The fourth-order valence-electron chi connectivity index (χ4n) is 1.79. The molecule has 1 rings (SSSR count). The molecular weight excluding hydrogens is 405 g/mol. The van der Waals surface area contributed by atoms with Crippen LogP contribution in [-0.2, 0) is 33.3 Å². The molecule has 0 saturated carbocycles. The summed E-state index contributed by atoms with van der Waals surface area (Å²) in [6, 6.07) is 3.63. The van der Waals surface area contributed by atoms with Gasteiger partial charge in [0.1, 0.15) is 0 Å². The van der Waals surface area contributed by atoms with Gasteiger partial charge in [0, 0.05) is 24.7 Å². The maximum Gasteiger partial charge on any atom is 0.472 e. The van der Waals surface area contributed by atoms with Crippen molar-refractivity contribution in [2.24, 2.45) is 0 Å². The van der Waals surface area contributed by atoms with Crippen molar-refractivity contribution in [2.75, 3.05) is 31.0 Å². The summed E-state index contributed by atoms with van der Waals surface area (Å²) >= 11 is 0. The van der Waals surface area contributed by atoms with Gasteiger partial charge in [-0.25, -0.2) is 21.4 Å². The van der Waals surface area contributed by atoms with Crippen LogP contribution in [0.25, 0.3) is 0 Å². The molecule has 0 saturated heterocycles. The predicted molar refractivity (Wildman–Crippen MR) is 97.8 cm³/mol. The van der Waals surface area contributed by atoms with Gasteiger partial charge in [0.15, 0.2) is 19.7 Å². The fourth-order valence-corrected chi connectivity index (χ4v) is 4.22. The quantitative estimate of drug-likeness (QED) is 0.422. The number of nitrogens with one attached hydrogen (secondary N) is 1. The van der Waals surface area contributed by atoms with Gasteiger partial charge >= 0.3 is 7.82 Å². The van der Waals surface area contributed by atoms with Crippen molar-refractivity contribution in [3.8, 4) is 0 Å². The third-order valence-corrected chi connectivity index (χ3v) is 6.63. The van der Waals surface area contributed by atoms with Crippen molar-refractivity contribution >= 4 is 33.2 Å². The number of phosphoric ester groups is 1. The average Bonchev–Trinajstić information content (AvgIpc) is 2.49. The van der Waals surface area contributed by atoms with E-state index in [1.165, 1.54) is 12.1 Å². The molecule has 2 N–H and O–H groups in total. The van der Waals surface area contributed by atoms with Gasteiger partial charge in [0.05, 0.1) is 22.5 Å². The Kier molecular flexibility index (Phi) is 7.82. The first-order valence-electron chi connectivity index (χ1n) is 7.69. The van der Waals surface area contributed by atoms with E-state index in [0.29, 0.717) is 6.42 Å². The van der Waals surface area contributed by atoms with Crippen molar-refractivity contribution in [3.63, 3.8) is 0 Å². The number of hydrogen-bond donors (Lipinski definition) is 2. The molecule has 0 aliphatic heterocycles. The topological polar surface area (TPSA) is 136 Å². The zero-order valence-electron chi connectivity index (χ0n) is 15.0. The average molecular weight is 429 g/mol. The minimum atomic E-state index is -4.19. The molecule has 2 unspecified atom stereocenters. The normalized spacial score (nSPS) is 16.0. The highest BCUT2D eigenvalue weighted by Gasteiger charge is 2.23. The summed E-state index contributed by atoms with van der Waals surface area (Å²) in [7, 11) is -11.4. The second-order valence-corrected chi connectivity index (χ2v) is 11.2. The monoisotopic (exact) mass is 429 g/mol. The Labute approximate surface area is 154 Å². The van der Waals surface area contributed by atoms with Crippen LogP contribution in [0.4, 0.5) is 5.69 Å². The molecule has 12 heteroatoms.